The van der Waals surface area contributed by atoms with Gasteiger partial charge in [-0.15, -0.1) is 0 Å². The molecule has 3 N–H and O–H groups in total. The van der Waals surface area contributed by atoms with E-state index in [1.807, 2.05) is 0 Å². The summed E-state index contributed by atoms with van der Waals surface area (Å²) in [5.41, 5.74) is -1.95. The van der Waals surface area contributed by atoms with E-state index >= 15 is 0 Å². The molecule has 3 aromatic carbocycles. The first kappa shape index (κ1) is 28.4. The lowest BCUT2D eigenvalue weighted by molar-refractivity contribution is -0.384. The van der Waals surface area contributed by atoms with Gasteiger partial charge in [0.1, 0.15) is 11.5 Å². The van der Waals surface area contributed by atoms with Gasteiger partial charge in [-0.2, -0.15) is 26.3 Å². The zero-order chi connectivity index (χ0) is 29.0. The molecule has 0 heterocycles. The zero-order valence-electron chi connectivity index (χ0n) is 19.0. The molecule has 10 nitrogen and oxygen atoms in total. The summed E-state index contributed by atoms with van der Waals surface area (Å²) in [4.78, 5) is 45.3. The molecule has 3 rings (SSSR count). The van der Waals surface area contributed by atoms with E-state index in [-0.39, 0.29) is 22.9 Å². The molecule has 0 saturated heterocycles. The zero-order valence-corrected chi connectivity index (χ0v) is 19.0. The molecule has 204 valence electrons. The van der Waals surface area contributed by atoms with Crippen LogP contribution < -0.4 is 20.7 Å². The molecule has 0 aromatic heterocycles. The van der Waals surface area contributed by atoms with Crippen molar-refractivity contribution in [1.82, 2.24) is 0 Å². The molecule has 0 atom stereocenters. The fourth-order valence-electron chi connectivity index (χ4n) is 2.89. The van der Waals surface area contributed by atoms with Crippen molar-refractivity contribution in [2.75, 3.05) is 16.0 Å². The Bertz CT molecular complexity index is 1360. The number of nitrogens with zero attached hydrogens (tertiary/aromatic N) is 1. The third kappa shape index (κ3) is 7.91. The molecule has 3 amide bonds. The highest BCUT2D eigenvalue weighted by atomic mass is 19.4. The Hall–Kier alpha value is -5.15. The molecule has 0 aliphatic carbocycles. The molecule has 0 aliphatic rings. The van der Waals surface area contributed by atoms with Crippen molar-refractivity contribution >= 4 is 40.5 Å². The second kappa shape index (κ2) is 11.1. The van der Waals surface area contributed by atoms with Crippen LogP contribution in [0.1, 0.15) is 10.4 Å². The fraction of sp³-hybridized carbons (Fsp3) is 0.0870. The highest BCUT2D eigenvalue weighted by Crippen LogP contribution is 2.27. The van der Waals surface area contributed by atoms with Gasteiger partial charge < -0.3 is 20.7 Å². The average molecular weight is 556 g/mol. The Balaban J connectivity index is 1.78. The van der Waals surface area contributed by atoms with Gasteiger partial charge >= 0.3 is 24.2 Å². The van der Waals surface area contributed by atoms with E-state index in [1.165, 1.54) is 59.2 Å². The Morgan fingerprint density at radius 3 is 1.51 bits per heavy atom. The van der Waals surface area contributed by atoms with Crippen molar-refractivity contribution in [1.29, 1.82) is 0 Å². The Kier molecular flexibility index (Phi) is 8.07. The van der Waals surface area contributed by atoms with E-state index in [2.05, 4.69) is 5.32 Å². The molecule has 0 aliphatic heterocycles. The monoisotopic (exact) mass is 556 g/mol. The van der Waals surface area contributed by atoms with E-state index < -0.39 is 51.9 Å². The summed E-state index contributed by atoms with van der Waals surface area (Å²) in [6.45, 7) is 0. The minimum atomic E-state index is -5.34. The lowest BCUT2D eigenvalue weighted by atomic mass is 10.1. The van der Waals surface area contributed by atoms with Crippen LogP contribution in [0, 0.1) is 10.1 Å². The first-order chi connectivity index (χ1) is 18.1. The van der Waals surface area contributed by atoms with E-state index in [9.17, 15) is 50.8 Å². The average Bonchev–Trinajstić information content (AvgIpc) is 2.84. The van der Waals surface area contributed by atoms with Crippen molar-refractivity contribution in [3.8, 4) is 11.5 Å². The molecule has 0 unspecified atom stereocenters. The molecule has 0 spiro atoms. The van der Waals surface area contributed by atoms with Crippen molar-refractivity contribution in [2.24, 2.45) is 0 Å². The fourth-order valence-corrected chi connectivity index (χ4v) is 2.89. The second-order valence-corrected chi connectivity index (χ2v) is 7.53. The van der Waals surface area contributed by atoms with E-state index in [4.69, 9.17) is 4.74 Å². The molecular weight excluding hydrogens is 542 g/mol. The lowest BCUT2D eigenvalue weighted by Crippen LogP contribution is -2.31. The summed E-state index contributed by atoms with van der Waals surface area (Å²) in [5.74, 6) is -5.41. The van der Waals surface area contributed by atoms with Crippen LogP contribution in [0.5, 0.6) is 11.5 Å². The smallest absolute Gasteiger partial charge is 0.457 e. The number of halogens is 6. The quantitative estimate of drug-likeness (QED) is 0.196. The van der Waals surface area contributed by atoms with Crippen LogP contribution in [-0.2, 0) is 9.59 Å². The normalized spacial score (nSPS) is 11.3. The van der Waals surface area contributed by atoms with Gasteiger partial charge in [-0.05, 0) is 54.6 Å². The van der Waals surface area contributed by atoms with Gasteiger partial charge in [0.25, 0.3) is 11.6 Å². The van der Waals surface area contributed by atoms with Crippen molar-refractivity contribution in [3.63, 3.8) is 0 Å². The number of hydrogen-bond acceptors (Lipinski definition) is 6. The number of carbonyl (C=O) groups is 3. The number of amides is 3. The maximum absolute atomic E-state index is 12.7. The molecule has 3 aromatic rings. The van der Waals surface area contributed by atoms with Gasteiger partial charge in [0.05, 0.1) is 4.92 Å². The maximum Gasteiger partial charge on any atom is 0.471 e. The third-order valence-electron chi connectivity index (χ3n) is 4.62. The predicted molar refractivity (Wildman–Crippen MR) is 123 cm³/mol. The van der Waals surface area contributed by atoms with Crippen LogP contribution in [0.15, 0.2) is 66.7 Å². The Morgan fingerprint density at radius 1 is 0.667 bits per heavy atom. The number of non-ortho nitro benzene ring substituents is 1. The van der Waals surface area contributed by atoms with E-state index in [0.29, 0.717) is 6.07 Å². The molecule has 0 radical (unpaired) electrons. The first-order valence-electron chi connectivity index (χ1n) is 10.4. The maximum atomic E-state index is 12.7. The van der Waals surface area contributed by atoms with Crippen molar-refractivity contribution in [2.45, 2.75) is 12.4 Å². The lowest BCUT2D eigenvalue weighted by Gasteiger charge is -2.14. The van der Waals surface area contributed by atoms with E-state index in [1.54, 1.807) is 0 Å². The molecule has 0 fully saturated rings. The summed E-state index contributed by atoms with van der Waals surface area (Å²) >= 11 is 0. The third-order valence-corrected chi connectivity index (χ3v) is 4.62. The minimum absolute atomic E-state index is 0.127. The Labute approximate surface area is 213 Å². The number of hydrogen-bond donors (Lipinski definition) is 3. The largest absolute Gasteiger partial charge is 0.471 e. The van der Waals surface area contributed by atoms with Crippen LogP contribution in [0.3, 0.4) is 0 Å². The topological polar surface area (TPSA) is 140 Å². The van der Waals surface area contributed by atoms with Crippen LogP contribution in [0.2, 0.25) is 0 Å². The summed E-state index contributed by atoms with van der Waals surface area (Å²) in [5, 5.41) is 15.9. The molecule has 0 saturated carbocycles. The molecular formula is C23H14F6N4O6. The standard InChI is InChI=1S/C23H14F6N4O6/c24-22(25,26)20(35)31-14-9-12(10-15(11-14)32-21(36)23(27,28)29)19(34)30-13-1-5-17(6-2-13)39-18-7-3-16(4-8-18)33(37)38/h1-11H,(H,30,34)(H,31,35)(H,32,36). The number of nitrogens with one attached hydrogen (secondary N) is 3. The highest BCUT2D eigenvalue weighted by Gasteiger charge is 2.40. The summed E-state index contributed by atoms with van der Waals surface area (Å²) < 4.78 is 81.2. The summed E-state index contributed by atoms with van der Waals surface area (Å²) in [7, 11) is 0. The predicted octanol–water partition coefficient (Wildman–Crippen LogP) is 5.64. The van der Waals surface area contributed by atoms with E-state index in [0.717, 1.165) is 12.1 Å². The van der Waals surface area contributed by atoms with Gasteiger partial charge in [-0.25, -0.2) is 0 Å². The minimum Gasteiger partial charge on any atom is -0.457 e. The number of rotatable bonds is 7. The van der Waals surface area contributed by atoms with Gasteiger partial charge in [0.15, 0.2) is 0 Å². The van der Waals surface area contributed by atoms with Crippen LogP contribution >= 0.6 is 0 Å². The van der Waals surface area contributed by atoms with Crippen LogP contribution in [-0.4, -0.2) is 35.0 Å². The SMILES string of the molecule is O=C(Nc1ccc(Oc2ccc([N+](=O)[O-])cc2)cc1)c1cc(NC(=O)C(F)(F)F)cc(NC(=O)C(F)(F)F)c1. The van der Waals surface area contributed by atoms with Gasteiger partial charge in [0, 0.05) is 34.8 Å². The van der Waals surface area contributed by atoms with Crippen molar-refractivity contribution < 1.29 is 50.4 Å². The van der Waals surface area contributed by atoms with Crippen LogP contribution in [0.4, 0.5) is 49.1 Å². The number of carbonyl (C=O) groups excluding carboxylic acids is 3. The number of anilines is 3. The summed E-state index contributed by atoms with van der Waals surface area (Å²) in [6, 6.07) is 12.8. The second-order valence-electron chi connectivity index (χ2n) is 7.53. The van der Waals surface area contributed by atoms with Gasteiger partial charge in [0.2, 0.25) is 0 Å². The summed E-state index contributed by atoms with van der Waals surface area (Å²) in [6.07, 6.45) is -10.7. The first-order valence-corrected chi connectivity index (χ1v) is 10.4. The number of alkyl halides is 6. The Morgan fingerprint density at radius 2 is 1.10 bits per heavy atom. The molecule has 0 bridgehead atoms. The number of nitro benzene ring substituents is 1. The molecule has 16 heteroatoms. The highest BCUT2D eigenvalue weighted by molar-refractivity contribution is 6.07. The van der Waals surface area contributed by atoms with Crippen molar-refractivity contribution in [3.05, 3.63) is 82.4 Å². The molecule has 39 heavy (non-hydrogen) atoms. The van der Waals surface area contributed by atoms with Crippen LogP contribution in [0.25, 0.3) is 0 Å². The number of benzene rings is 3. The van der Waals surface area contributed by atoms with Gasteiger partial charge in [-0.3, -0.25) is 24.5 Å². The number of ether oxygens (including phenoxy) is 1. The van der Waals surface area contributed by atoms with Gasteiger partial charge in [-0.1, -0.05) is 0 Å². The number of nitro groups is 1.